The first-order valence-corrected chi connectivity index (χ1v) is 11.6. The number of benzene rings is 3. The molecule has 0 aliphatic carbocycles. The molecule has 0 bridgehead atoms. The molecule has 4 rings (SSSR count). The fraction of sp³-hybridized carbons (Fsp3) is 0.214. The highest BCUT2D eigenvalue weighted by Gasteiger charge is 2.21. The number of aromatic nitrogens is 2. The van der Waals surface area contributed by atoms with Crippen LogP contribution in [0.25, 0.3) is 0 Å². The molecule has 0 radical (unpaired) electrons. The third kappa shape index (κ3) is 5.81. The molecule has 0 atom stereocenters. The molecule has 0 aliphatic heterocycles. The van der Waals surface area contributed by atoms with E-state index in [0.29, 0.717) is 13.1 Å². The zero-order chi connectivity index (χ0) is 24.8. The Hall–Kier alpha value is -4.26. The van der Waals surface area contributed by atoms with Crippen LogP contribution in [0.5, 0.6) is 5.75 Å². The molecule has 0 saturated heterocycles. The van der Waals surface area contributed by atoms with E-state index in [-0.39, 0.29) is 24.2 Å². The van der Waals surface area contributed by atoms with Gasteiger partial charge in [0.1, 0.15) is 17.3 Å². The lowest BCUT2D eigenvalue weighted by Crippen LogP contribution is -2.38. The van der Waals surface area contributed by atoms with Crippen molar-refractivity contribution in [3.8, 4) is 5.75 Å². The van der Waals surface area contributed by atoms with Crippen LogP contribution in [-0.4, -0.2) is 15.7 Å². The Balaban J connectivity index is 1.80. The van der Waals surface area contributed by atoms with Gasteiger partial charge in [-0.1, -0.05) is 78.9 Å². The summed E-state index contributed by atoms with van der Waals surface area (Å²) in [4.78, 5) is 30.2. The summed E-state index contributed by atoms with van der Waals surface area (Å²) >= 11 is 0. The van der Waals surface area contributed by atoms with E-state index in [2.05, 4.69) is 4.98 Å². The molecule has 7 heteroatoms. The van der Waals surface area contributed by atoms with E-state index in [1.807, 2.05) is 104 Å². The zero-order valence-electron chi connectivity index (χ0n) is 20.0. The van der Waals surface area contributed by atoms with E-state index in [1.54, 1.807) is 0 Å². The number of hydrogen-bond donors (Lipinski definition) is 2. The van der Waals surface area contributed by atoms with Gasteiger partial charge >= 0.3 is 5.69 Å². The minimum absolute atomic E-state index is 0.0000250. The first-order valence-electron chi connectivity index (χ1n) is 11.6. The van der Waals surface area contributed by atoms with Crippen molar-refractivity contribution in [3.05, 3.63) is 122 Å². The topological polar surface area (TPSA) is 93.3 Å². The highest BCUT2D eigenvalue weighted by molar-refractivity contribution is 5.63. The standard InChI is InChI=1S/C28H30N4O3/c1-20(2)35-24-16-10-9-15-23(24)19-31(17-21-11-5-3-6-12-21)25-26(29)32(28(34)30-27(25)33)18-22-13-7-4-8-14-22/h3-16,20H,17-19,29H2,1-2H3,(H,30,33,34). The van der Waals surface area contributed by atoms with Crippen LogP contribution in [0, 0.1) is 0 Å². The van der Waals surface area contributed by atoms with E-state index in [0.717, 1.165) is 22.4 Å². The van der Waals surface area contributed by atoms with Crippen LogP contribution in [0.4, 0.5) is 11.5 Å². The molecule has 0 fully saturated rings. The van der Waals surface area contributed by atoms with E-state index in [4.69, 9.17) is 10.5 Å². The number of ether oxygens (including phenoxy) is 1. The Morgan fingerprint density at radius 2 is 1.46 bits per heavy atom. The van der Waals surface area contributed by atoms with E-state index < -0.39 is 11.2 Å². The van der Waals surface area contributed by atoms with Gasteiger partial charge < -0.3 is 15.4 Å². The van der Waals surface area contributed by atoms with Crippen LogP contribution in [-0.2, 0) is 19.6 Å². The number of nitrogens with one attached hydrogen (secondary N) is 1. The Morgan fingerprint density at radius 1 is 0.857 bits per heavy atom. The van der Waals surface area contributed by atoms with Gasteiger partial charge in [-0.2, -0.15) is 0 Å². The number of anilines is 2. The molecule has 7 nitrogen and oxygen atoms in total. The van der Waals surface area contributed by atoms with Crippen LogP contribution < -0.4 is 26.6 Å². The molecule has 180 valence electrons. The molecule has 1 heterocycles. The van der Waals surface area contributed by atoms with Gasteiger partial charge in [0.05, 0.1) is 12.6 Å². The first kappa shape index (κ1) is 23.9. The van der Waals surface area contributed by atoms with Gasteiger partial charge in [0.15, 0.2) is 0 Å². The molecular formula is C28H30N4O3. The lowest BCUT2D eigenvalue weighted by Gasteiger charge is -2.27. The summed E-state index contributed by atoms with van der Waals surface area (Å²) in [6.07, 6.45) is -0.0000250. The summed E-state index contributed by atoms with van der Waals surface area (Å²) in [6.45, 7) is 4.99. The summed E-state index contributed by atoms with van der Waals surface area (Å²) < 4.78 is 7.42. The largest absolute Gasteiger partial charge is 0.491 e. The molecular weight excluding hydrogens is 440 g/mol. The maximum Gasteiger partial charge on any atom is 0.330 e. The van der Waals surface area contributed by atoms with Crippen molar-refractivity contribution >= 4 is 11.5 Å². The number of nitrogens with zero attached hydrogens (tertiary/aromatic N) is 2. The maximum atomic E-state index is 13.1. The van der Waals surface area contributed by atoms with Crippen molar-refractivity contribution in [3.63, 3.8) is 0 Å². The Morgan fingerprint density at radius 3 is 2.11 bits per heavy atom. The van der Waals surface area contributed by atoms with Gasteiger partial charge in [-0.15, -0.1) is 0 Å². The average Bonchev–Trinajstić information content (AvgIpc) is 2.84. The van der Waals surface area contributed by atoms with Crippen LogP contribution in [0.15, 0.2) is 94.5 Å². The third-order valence-electron chi connectivity index (χ3n) is 5.63. The summed E-state index contributed by atoms with van der Waals surface area (Å²) in [5.41, 5.74) is 8.56. The van der Waals surface area contributed by atoms with Crippen molar-refractivity contribution in [1.29, 1.82) is 0 Å². The molecule has 35 heavy (non-hydrogen) atoms. The second-order valence-electron chi connectivity index (χ2n) is 8.68. The minimum atomic E-state index is -0.539. The van der Waals surface area contributed by atoms with Gasteiger partial charge in [-0.3, -0.25) is 14.3 Å². The molecule has 0 saturated carbocycles. The van der Waals surface area contributed by atoms with Gasteiger partial charge in [0.2, 0.25) is 0 Å². The van der Waals surface area contributed by atoms with Crippen LogP contribution in [0.3, 0.4) is 0 Å². The summed E-state index contributed by atoms with van der Waals surface area (Å²) in [7, 11) is 0. The van der Waals surface area contributed by atoms with Crippen molar-refractivity contribution in [1.82, 2.24) is 9.55 Å². The summed E-state index contributed by atoms with van der Waals surface area (Å²) in [5.74, 6) is 0.869. The van der Waals surface area contributed by atoms with Gasteiger partial charge in [-0.05, 0) is 31.0 Å². The highest BCUT2D eigenvalue weighted by atomic mass is 16.5. The van der Waals surface area contributed by atoms with Gasteiger partial charge in [0, 0.05) is 18.7 Å². The van der Waals surface area contributed by atoms with Gasteiger partial charge in [-0.25, -0.2) is 4.79 Å². The summed E-state index contributed by atoms with van der Waals surface area (Å²) in [5, 5.41) is 0. The zero-order valence-corrected chi connectivity index (χ0v) is 20.0. The lowest BCUT2D eigenvalue weighted by molar-refractivity contribution is 0.240. The fourth-order valence-corrected chi connectivity index (χ4v) is 4.03. The van der Waals surface area contributed by atoms with E-state index in [9.17, 15) is 9.59 Å². The predicted molar refractivity (Wildman–Crippen MR) is 140 cm³/mol. The quantitative estimate of drug-likeness (QED) is 0.383. The van der Waals surface area contributed by atoms with Crippen LogP contribution >= 0.6 is 0 Å². The normalized spacial score (nSPS) is 10.9. The monoisotopic (exact) mass is 470 g/mol. The SMILES string of the molecule is CC(C)Oc1ccccc1CN(Cc1ccccc1)c1c(N)n(Cc2ccccc2)c(=O)[nH]c1=O. The maximum absolute atomic E-state index is 13.1. The van der Waals surface area contributed by atoms with E-state index in [1.165, 1.54) is 4.57 Å². The number of hydrogen-bond acceptors (Lipinski definition) is 5. The number of para-hydroxylation sites is 1. The second kappa shape index (κ2) is 10.8. The summed E-state index contributed by atoms with van der Waals surface area (Å²) in [6, 6.07) is 27.1. The molecule has 3 aromatic carbocycles. The number of aromatic amines is 1. The number of rotatable bonds is 9. The molecule has 3 N–H and O–H groups in total. The molecule has 0 unspecified atom stereocenters. The van der Waals surface area contributed by atoms with Crippen molar-refractivity contribution in [2.24, 2.45) is 0 Å². The third-order valence-corrected chi connectivity index (χ3v) is 5.63. The van der Waals surface area contributed by atoms with Crippen molar-refractivity contribution in [2.45, 2.75) is 39.6 Å². The minimum Gasteiger partial charge on any atom is -0.491 e. The Labute approximate surface area is 204 Å². The smallest absolute Gasteiger partial charge is 0.330 e. The molecule has 0 amide bonds. The van der Waals surface area contributed by atoms with Crippen molar-refractivity contribution < 1.29 is 4.74 Å². The molecule has 4 aromatic rings. The number of nitrogen functional groups attached to an aromatic ring is 1. The molecule has 0 spiro atoms. The number of H-pyrrole nitrogens is 1. The number of nitrogens with two attached hydrogens (primary N) is 1. The van der Waals surface area contributed by atoms with Crippen LogP contribution in [0.2, 0.25) is 0 Å². The first-order chi connectivity index (χ1) is 16.9. The lowest BCUT2D eigenvalue weighted by atomic mass is 10.1. The fourth-order valence-electron chi connectivity index (χ4n) is 4.03. The predicted octanol–water partition coefficient (Wildman–Crippen LogP) is 4.16. The van der Waals surface area contributed by atoms with Crippen LogP contribution in [0.1, 0.15) is 30.5 Å². The van der Waals surface area contributed by atoms with E-state index >= 15 is 0 Å². The van der Waals surface area contributed by atoms with Crippen molar-refractivity contribution in [2.75, 3.05) is 10.6 Å². The average molecular weight is 471 g/mol. The highest BCUT2D eigenvalue weighted by Crippen LogP contribution is 2.27. The molecule has 1 aromatic heterocycles. The Kier molecular flexibility index (Phi) is 7.35. The Bertz CT molecular complexity index is 1380. The van der Waals surface area contributed by atoms with Gasteiger partial charge in [0.25, 0.3) is 5.56 Å². The molecule has 0 aliphatic rings. The second-order valence-corrected chi connectivity index (χ2v) is 8.68.